The molecule has 2 heterocycles. The van der Waals surface area contributed by atoms with E-state index in [9.17, 15) is 4.79 Å². The highest BCUT2D eigenvalue weighted by atomic mass is 16.5. The van der Waals surface area contributed by atoms with Gasteiger partial charge in [0.05, 0.1) is 19.7 Å². The van der Waals surface area contributed by atoms with Gasteiger partial charge in [0.15, 0.2) is 5.82 Å². The number of carbonyl (C=O) groups excluding carboxylic acids is 1. The molecule has 1 atom stereocenters. The summed E-state index contributed by atoms with van der Waals surface area (Å²) in [4.78, 5) is 20.6. The largest absolute Gasteiger partial charge is 0.383 e. The van der Waals surface area contributed by atoms with E-state index in [1.54, 1.807) is 7.11 Å². The van der Waals surface area contributed by atoms with Crippen molar-refractivity contribution in [3.63, 3.8) is 0 Å². The molecule has 1 fully saturated rings. The second-order valence-electron chi connectivity index (χ2n) is 5.97. The lowest BCUT2D eigenvalue weighted by Crippen LogP contribution is -2.50. The van der Waals surface area contributed by atoms with Gasteiger partial charge in [0.1, 0.15) is 6.10 Å². The van der Waals surface area contributed by atoms with Crippen LogP contribution in [0.2, 0.25) is 0 Å². The molecule has 0 aromatic carbocycles. The van der Waals surface area contributed by atoms with Crippen LogP contribution >= 0.6 is 0 Å². The van der Waals surface area contributed by atoms with Crippen LogP contribution in [0.3, 0.4) is 0 Å². The fraction of sp³-hybridized carbons (Fsp3) is 0.812. The van der Waals surface area contributed by atoms with Gasteiger partial charge in [0, 0.05) is 46.4 Å². The number of hydrogen-bond acceptors (Lipinski definition) is 8. The molecule has 1 aromatic rings. The van der Waals surface area contributed by atoms with Crippen LogP contribution < -0.4 is 5.32 Å². The fourth-order valence-electron chi connectivity index (χ4n) is 2.65. The lowest BCUT2D eigenvalue weighted by Gasteiger charge is -2.34. The molecule has 9 heteroatoms. The number of ether oxygens (including phenoxy) is 2. The first kappa shape index (κ1) is 19.8. The molecule has 0 bridgehead atoms. The minimum absolute atomic E-state index is 0.126. The molecule has 1 aliphatic heterocycles. The Morgan fingerprint density at radius 3 is 2.80 bits per heavy atom. The zero-order valence-corrected chi connectivity index (χ0v) is 15.4. The van der Waals surface area contributed by atoms with Crippen molar-refractivity contribution in [2.75, 3.05) is 59.6 Å². The number of piperazine rings is 1. The van der Waals surface area contributed by atoms with Crippen LogP contribution in [0.4, 0.5) is 0 Å². The van der Waals surface area contributed by atoms with Crippen LogP contribution in [0.5, 0.6) is 0 Å². The van der Waals surface area contributed by atoms with Gasteiger partial charge in [-0.05, 0) is 13.8 Å². The summed E-state index contributed by atoms with van der Waals surface area (Å²) in [5.74, 6) is 1.29. The molecule has 25 heavy (non-hydrogen) atoms. The van der Waals surface area contributed by atoms with Gasteiger partial charge in [-0.2, -0.15) is 4.98 Å². The fourth-order valence-corrected chi connectivity index (χ4v) is 2.65. The highest BCUT2D eigenvalue weighted by Gasteiger charge is 2.22. The van der Waals surface area contributed by atoms with E-state index in [-0.39, 0.29) is 12.0 Å². The molecule has 0 saturated carbocycles. The van der Waals surface area contributed by atoms with Crippen molar-refractivity contribution in [2.24, 2.45) is 0 Å². The quantitative estimate of drug-likeness (QED) is 0.589. The van der Waals surface area contributed by atoms with Crippen LogP contribution in [-0.4, -0.2) is 85.4 Å². The standard InChI is InChI=1S/C16H29N5O4/c1-4-24-13(2)16-18-14(25-19-16)12-20-6-8-21(9-7-20)15(22)11-17-5-10-23-3/h13,17H,4-12H2,1-3H3. The van der Waals surface area contributed by atoms with Crippen molar-refractivity contribution < 1.29 is 18.8 Å². The van der Waals surface area contributed by atoms with E-state index >= 15 is 0 Å². The Morgan fingerprint density at radius 1 is 1.36 bits per heavy atom. The highest BCUT2D eigenvalue weighted by molar-refractivity contribution is 5.78. The Labute approximate surface area is 148 Å². The van der Waals surface area contributed by atoms with Crippen molar-refractivity contribution in [1.29, 1.82) is 0 Å². The maximum atomic E-state index is 12.1. The van der Waals surface area contributed by atoms with Gasteiger partial charge in [-0.25, -0.2) is 0 Å². The lowest BCUT2D eigenvalue weighted by molar-refractivity contribution is -0.132. The van der Waals surface area contributed by atoms with Gasteiger partial charge in [0.2, 0.25) is 11.8 Å². The first-order valence-electron chi connectivity index (χ1n) is 8.78. The Hall–Kier alpha value is -1.55. The van der Waals surface area contributed by atoms with Crippen molar-refractivity contribution in [3.8, 4) is 0 Å². The predicted molar refractivity (Wildman–Crippen MR) is 90.9 cm³/mol. The summed E-state index contributed by atoms with van der Waals surface area (Å²) in [6.45, 7) is 9.70. The minimum atomic E-state index is -0.164. The molecule has 1 saturated heterocycles. The van der Waals surface area contributed by atoms with E-state index in [2.05, 4.69) is 20.4 Å². The number of amides is 1. The molecule has 1 amide bonds. The third-order valence-corrected chi connectivity index (χ3v) is 4.11. The number of carbonyl (C=O) groups is 1. The van der Waals surface area contributed by atoms with Gasteiger partial charge in [0.25, 0.3) is 0 Å². The monoisotopic (exact) mass is 355 g/mol. The van der Waals surface area contributed by atoms with E-state index in [1.165, 1.54) is 0 Å². The average Bonchev–Trinajstić information content (AvgIpc) is 3.08. The molecule has 0 spiro atoms. The summed E-state index contributed by atoms with van der Waals surface area (Å²) in [6, 6.07) is 0. The minimum Gasteiger partial charge on any atom is -0.383 e. The molecule has 1 N–H and O–H groups in total. The van der Waals surface area contributed by atoms with Crippen LogP contribution in [0.25, 0.3) is 0 Å². The molecule has 1 unspecified atom stereocenters. The van der Waals surface area contributed by atoms with E-state index in [1.807, 2.05) is 18.7 Å². The number of nitrogens with zero attached hydrogens (tertiary/aromatic N) is 4. The summed E-state index contributed by atoms with van der Waals surface area (Å²) < 4.78 is 15.7. The lowest BCUT2D eigenvalue weighted by atomic mass is 10.3. The second-order valence-corrected chi connectivity index (χ2v) is 5.97. The zero-order chi connectivity index (χ0) is 18.1. The SMILES string of the molecule is CCOC(C)c1noc(CN2CCN(C(=O)CNCCOC)CC2)n1. The van der Waals surface area contributed by atoms with Crippen molar-refractivity contribution >= 4 is 5.91 Å². The van der Waals surface area contributed by atoms with E-state index in [0.29, 0.717) is 57.7 Å². The van der Waals surface area contributed by atoms with Crippen LogP contribution in [0.15, 0.2) is 4.52 Å². The van der Waals surface area contributed by atoms with Gasteiger partial charge >= 0.3 is 0 Å². The number of methoxy groups -OCH3 is 1. The smallest absolute Gasteiger partial charge is 0.240 e. The van der Waals surface area contributed by atoms with Gasteiger partial charge in [-0.3, -0.25) is 9.69 Å². The summed E-state index contributed by atoms with van der Waals surface area (Å²) in [7, 11) is 1.65. The average molecular weight is 355 g/mol. The molecule has 1 aromatic heterocycles. The van der Waals surface area contributed by atoms with Crippen molar-refractivity contribution in [2.45, 2.75) is 26.5 Å². The highest BCUT2D eigenvalue weighted by Crippen LogP contribution is 2.14. The third-order valence-electron chi connectivity index (χ3n) is 4.11. The topological polar surface area (TPSA) is 93.0 Å². The third kappa shape index (κ3) is 6.35. The van der Waals surface area contributed by atoms with Gasteiger partial charge in [-0.1, -0.05) is 5.16 Å². The predicted octanol–water partition coefficient (Wildman–Crippen LogP) is 0.0473. The number of rotatable bonds is 10. The molecule has 2 rings (SSSR count). The second kappa shape index (κ2) is 10.4. The molecule has 1 aliphatic rings. The molecular weight excluding hydrogens is 326 g/mol. The summed E-state index contributed by atoms with van der Waals surface area (Å²) in [6.07, 6.45) is -0.164. The van der Waals surface area contributed by atoms with E-state index < -0.39 is 0 Å². The number of nitrogens with one attached hydrogen (secondary N) is 1. The van der Waals surface area contributed by atoms with Gasteiger partial charge in [-0.15, -0.1) is 0 Å². The number of hydrogen-bond donors (Lipinski definition) is 1. The van der Waals surface area contributed by atoms with Crippen LogP contribution in [0.1, 0.15) is 31.7 Å². The van der Waals surface area contributed by atoms with Crippen LogP contribution in [0, 0.1) is 0 Å². The molecule has 0 aliphatic carbocycles. The zero-order valence-electron chi connectivity index (χ0n) is 15.4. The molecular formula is C16H29N5O4. The first-order chi connectivity index (χ1) is 12.1. The summed E-state index contributed by atoms with van der Waals surface area (Å²) in [5, 5.41) is 7.05. The normalized spacial score (nSPS) is 17.0. The Kier molecular flexibility index (Phi) is 8.26. The molecule has 142 valence electrons. The van der Waals surface area contributed by atoms with E-state index in [0.717, 1.165) is 13.1 Å². The number of aromatic nitrogens is 2. The Balaban J connectivity index is 1.70. The Bertz CT molecular complexity index is 516. The Morgan fingerprint density at radius 2 is 2.12 bits per heavy atom. The van der Waals surface area contributed by atoms with Crippen LogP contribution in [-0.2, 0) is 20.8 Å². The maximum Gasteiger partial charge on any atom is 0.240 e. The first-order valence-corrected chi connectivity index (χ1v) is 8.78. The summed E-state index contributed by atoms with van der Waals surface area (Å²) in [5.41, 5.74) is 0. The van der Waals surface area contributed by atoms with Crippen molar-refractivity contribution in [1.82, 2.24) is 25.3 Å². The molecule has 9 nitrogen and oxygen atoms in total. The maximum absolute atomic E-state index is 12.1. The van der Waals surface area contributed by atoms with Crippen molar-refractivity contribution in [3.05, 3.63) is 11.7 Å². The van der Waals surface area contributed by atoms with Gasteiger partial charge < -0.3 is 24.2 Å². The van der Waals surface area contributed by atoms with E-state index in [4.69, 9.17) is 14.0 Å². The molecule has 0 radical (unpaired) electrons. The summed E-state index contributed by atoms with van der Waals surface area (Å²) >= 11 is 0.